The summed E-state index contributed by atoms with van der Waals surface area (Å²) in [5, 5.41) is 1.14. The summed E-state index contributed by atoms with van der Waals surface area (Å²) in [5.74, 6) is -0.204. The number of halogens is 1. The third-order valence-electron chi connectivity index (χ3n) is 5.69. The van der Waals surface area contributed by atoms with E-state index in [1.165, 1.54) is 16.8 Å². The van der Waals surface area contributed by atoms with E-state index in [2.05, 4.69) is 21.9 Å². The number of aromatic nitrogens is 1. The third-order valence-corrected chi connectivity index (χ3v) is 6.72. The highest BCUT2D eigenvalue weighted by Crippen LogP contribution is 2.23. The molecule has 0 radical (unpaired) electrons. The van der Waals surface area contributed by atoms with Crippen molar-refractivity contribution in [1.82, 2.24) is 19.7 Å². The van der Waals surface area contributed by atoms with Gasteiger partial charge in [0.05, 0.1) is 22.8 Å². The molecule has 1 atom stereocenters. The van der Waals surface area contributed by atoms with Gasteiger partial charge in [-0.05, 0) is 36.8 Å². The Morgan fingerprint density at radius 3 is 2.67 bits per heavy atom. The lowest BCUT2D eigenvalue weighted by Gasteiger charge is -2.38. The van der Waals surface area contributed by atoms with Crippen molar-refractivity contribution in [3.63, 3.8) is 0 Å². The molecule has 7 heteroatoms. The maximum atomic E-state index is 13.4. The molecule has 1 unspecified atom stereocenters. The SMILES string of the molecule is CC(C(=O)N(C)Cc1cccc(F)c1)N1CCN(Cc2nc3ccccc3s2)CC1. The van der Waals surface area contributed by atoms with Crippen LogP contribution in [0.4, 0.5) is 4.39 Å². The number of para-hydroxylation sites is 1. The molecule has 1 fully saturated rings. The highest BCUT2D eigenvalue weighted by molar-refractivity contribution is 7.18. The van der Waals surface area contributed by atoms with Gasteiger partial charge in [-0.3, -0.25) is 14.6 Å². The molecule has 0 saturated carbocycles. The number of fused-ring (bicyclic) bond motifs is 1. The number of carbonyl (C=O) groups excluding carboxylic acids is 1. The number of likely N-dealkylation sites (N-methyl/N-ethyl adjacent to an activating group) is 1. The first-order valence-electron chi connectivity index (χ1n) is 10.3. The summed E-state index contributed by atoms with van der Waals surface area (Å²) in [4.78, 5) is 23.9. The summed E-state index contributed by atoms with van der Waals surface area (Å²) in [6.07, 6.45) is 0. The zero-order valence-electron chi connectivity index (χ0n) is 17.4. The number of carbonyl (C=O) groups is 1. The predicted octanol–water partition coefficient (Wildman–Crippen LogP) is 3.60. The van der Waals surface area contributed by atoms with Crippen molar-refractivity contribution in [3.05, 3.63) is 64.9 Å². The van der Waals surface area contributed by atoms with Gasteiger partial charge in [-0.15, -0.1) is 11.3 Å². The molecular formula is C23H27FN4OS. The molecule has 158 valence electrons. The molecule has 30 heavy (non-hydrogen) atoms. The molecule has 1 aliphatic rings. The van der Waals surface area contributed by atoms with Crippen LogP contribution in [0.1, 0.15) is 17.5 Å². The smallest absolute Gasteiger partial charge is 0.239 e. The van der Waals surface area contributed by atoms with Crippen LogP contribution in [0.3, 0.4) is 0 Å². The van der Waals surface area contributed by atoms with Gasteiger partial charge < -0.3 is 4.90 Å². The standard InChI is InChI=1S/C23H27FN4OS/c1-17(23(29)26(2)15-18-6-5-7-19(24)14-18)28-12-10-27(11-13-28)16-22-25-20-8-3-4-9-21(20)30-22/h3-9,14,17H,10-13,15-16H2,1-2H3. The van der Waals surface area contributed by atoms with Gasteiger partial charge in [0.1, 0.15) is 10.8 Å². The van der Waals surface area contributed by atoms with Crippen LogP contribution in [-0.2, 0) is 17.9 Å². The zero-order chi connectivity index (χ0) is 21.1. The first-order chi connectivity index (χ1) is 14.5. The van der Waals surface area contributed by atoms with E-state index in [0.717, 1.165) is 48.8 Å². The molecule has 1 aromatic heterocycles. The molecule has 1 saturated heterocycles. The summed E-state index contributed by atoms with van der Waals surface area (Å²) in [5.41, 5.74) is 1.87. The molecular weight excluding hydrogens is 399 g/mol. The number of rotatable bonds is 6. The molecule has 5 nitrogen and oxygen atoms in total. The van der Waals surface area contributed by atoms with E-state index in [4.69, 9.17) is 4.98 Å². The minimum Gasteiger partial charge on any atom is -0.340 e. The Labute approximate surface area is 180 Å². The molecule has 0 spiro atoms. The Hall–Kier alpha value is -2.35. The molecule has 0 bridgehead atoms. The van der Waals surface area contributed by atoms with Crippen molar-refractivity contribution in [2.75, 3.05) is 33.2 Å². The molecule has 2 aromatic carbocycles. The first-order valence-corrected chi connectivity index (χ1v) is 11.1. The van der Waals surface area contributed by atoms with Gasteiger partial charge in [0.15, 0.2) is 0 Å². The van der Waals surface area contributed by atoms with E-state index >= 15 is 0 Å². The van der Waals surface area contributed by atoms with E-state index in [0.29, 0.717) is 6.54 Å². The molecule has 0 N–H and O–H groups in total. The summed E-state index contributed by atoms with van der Waals surface area (Å²) >= 11 is 1.75. The Morgan fingerprint density at radius 2 is 1.93 bits per heavy atom. The first kappa shape index (κ1) is 20.9. The van der Waals surface area contributed by atoms with Gasteiger partial charge in [0.2, 0.25) is 5.91 Å². The molecule has 4 rings (SSSR count). The van der Waals surface area contributed by atoms with Crippen LogP contribution in [0.25, 0.3) is 10.2 Å². The van der Waals surface area contributed by atoms with Crippen LogP contribution in [0.2, 0.25) is 0 Å². The second-order valence-electron chi connectivity index (χ2n) is 7.89. The summed E-state index contributed by atoms with van der Waals surface area (Å²) in [6, 6.07) is 14.5. The van der Waals surface area contributed by atoms with Crippen LogP contribution in [0.15, 0.2) is 48.5 Å². The normalized spacial score (nSPS) is 16.6. The summed E-state index contributed by atoms with van der Waals surface area (Å²) in [7, 11) is 1.78. The van der Waals surface area contributed by atoms with Crippen molar-refractivity contribution in [1.29, 1.82) is 0 Å². The van der Waals surface area contributed by atoms with Crippen LogP contribution in [-0.4, -0.2) is 64.9 Å². The van der Waals surface area contributed by atoms with Gasteiger partial charge in [-0.1, -0.05) is 24.3 Å². The zero-order valence-corrected chi connectivity index (χ0v) is 18.2. The average Bonchev–Trinajstić information content (AvgIpc) is 3.15. The minimum atomic E-state index is -0.273. The number of amides is 1. The van der Waals surface area contributed by atoms with Crippen LogP contribution >= 0.6 is 11.3 Å². The monoisotopic (exact) mass is 426 g/mol. The Kier molecular flexibility index (Phi) is 6.41. The van der Waals surface area contributed by atoms with E-state index < -0.39 is 0 Å². The fraction of sp³-hybridized carbons (Fsp3) is 0.391. The largest absolute Gasteiger partial charge is 0.340 e. The molecule has 0 aliphatic carbocycles. The van der Waals surface area contributed by atoms with E-state index in [1.807, 2.05) is 25.1 Å². The summed E-state index contributed by atoms with van der Waals surface area (Å²) < 4.78 is 14.6. The van der Waals surface area contributed by atoms with Crippen molar-refractivity contribution in [2.45, 2.75) is 26.1 Å². The fourth-order valence-electron chi connectivity index (χ4n) is 3.95. The Balaban J connectivity index is 1.28. The Morgan fingerprint density at radius 1 is 1.17 bits per heavy atom. The topological polar surface area (TPSA) is 39.7 Å². The molecule has 2 heterocycles. The highest BCUT2D eigenvalue weighted by Gasteiger charge is 2.27. The number of thiazole rings is 1. The lowest BCUT2D eigenvalue weighted by atomic mass is 10.1. The summed E-state index contributed by atoms with van der Waals surface area (Å²) in [6.45, 7) is 6.78. The third kappa shape index (κ3) is 4.86. The lowest BCUT2D eigenvalue weighted by molar-refractivity contribution is -0.136. The van der Waals surface area contributed by atoms with Gasteiger partial charge >= 0.3 is 0 Å². The Bertz CT molecular complexity index is 982. The van der Waals surface area contributed by atoms with Crippen molar-refractivity contribution < 1.29 is 9.18 Å². The number of nitrogens with zero attached hydrogens (tertiary/aromatic N) is 4. The molecule has 1 aliphatic heterocycles. The van der Waals surface area contributed by atoms with Crippen LogP contribution in [0, 0.1) is 5.82 Å². The van der Waals surface area contributed by atoms with E-state index in [-0.39, 0.29) is 17.8 Å². The second kappa shape index (κ2) is 9.20. The van der Waals surface area contributed by atoms with Gasteiger partial charge in [-0.2, -0.15) is 0 Å². The number of benzene rings is 2. The number of hydrogen-bond donors (Lipinski definition) is 0. The average molecular weight is 427 g/mol. The van der Waals surface area contributed by atoms with Gasteiger partial charge in [-0.25, -0.2) is 9.37 Å². The highest BCUT2D eigenvalue weighted by atomic mass is 32.1. The maximum Gasteiger partial charge on any atom is 0.239 e. The van der Waals surface area contributed by atoms with Gasteiger partial charge in [0, 0.05) is 39.8 Å². The van der Waals surface area contributed by atoms with Crippen molar-refractivity contribution >= 4 is 27.5 Å². The molecule has 3 aromatic rings. The van der Waals surface area contributed by atoms with E-state index in [1.54, 1.807) is 29.4 Å². The van der Waals surface area contributed by atoms with Crippen LogP contribution in [0.5, 0.6) is 0 Å². The van der Waals surface area contributed by atoms with Crippen molar-refractivity contribution in [3.8, 4) is 0 Å². The van der Waals surface area contributed by atoms with Crippen LogP contribution < -0.4 is 0 Å². The molecule has 1 amide bonds. The minimum absolute atomic E-state index is 0.0684. The lowest BCUT2D eigenvalue weighted by Crippen LogP contribution is -2.53. The number of hydrogen-bond acceptors (Lipinski definition) is 5. The maximum absolute atomic E-state index is 13.4. The fourth-order valence-corrected chi connectivity index (χ4v) is 4.96. The quantitative estimate of drug-likeness (QED) is 0.604. The predicted molar refractivity (Wildman–Crippen MR) is 119 cm³/mol. The van der Waals surface area contributed by atoms with Crippen molar-refractivity contribution in [2.24, 2.45) is 0 Å². The van der Waals surface area contributed by atoms with E-state index in [9.17, 15) is 9.18 Å². The second-order valence-corrected chi connectivity index (χ2v) is 9.00. The van der Waals surface area contributed by atoms with Gasteiger partial charge in [0.25, 0.3) is 0 Å². The number of piperazine rings is 1.